The van der Waals surface area contributed by atoms with Crippen LogP contribution in [-0.2, 0) is 9.53 Å². The first-order valence-corrected chi connectivity index (χ1v) is 5.59. The summed E-state index contributed by atoms with van der Waals surface area (Å²) >= 11 is 0. The highest BCUT2D eigenvalue weighted by Crippen LogP contribution is 2.43. The third-order valence-corrected chi connectivity index (χ3v) is 3.88. The Balaban J connectivity index is 2.21. The molecule has 0 amide bonds. The predicted octanol–water partition coefficient (Wildman–Crippen LogP) is 1.33. The number of ether oxygens (including phenoxy) is 1. The number of fused-ring (bicyclic) bond motifs is 1. The first kappa shape index (κ1) is 9.97. The minimum absolute atomic E-state index is 0.00870. The Morgan fingerprint density at radius 1 is 1.43 bits per heavy atom. The third kappa shape index (κ3) is 1.44. The molecule has 0 bridgehead atoms. The van der Waals surface area contributed by atoms with Crippen LogP contribution in [0.2, 0.25) is 0 Å². The summed E-state index contributed by atoms with van der Waals surface area (Å²) in [5.41, 5.74) is -0.189. The van der Waals surface area contributed by atoms with Crippen molar-refractivity contribution in [3.05, 3.63) is 0 Å². The highest BCUT2D eigenvalue weighted by atomic mass is 16.5. The number of hydrogen-bond donors (Lipinski definition) is 1. The van der Waals surface area contributed by atoms with Crippen molar-refractivity contribution in [1.82, 2.24) is 5.32 Å². The molecule has 1 saturated carbocycles. The highest BCUT2D eigenvalue weighted by molar-refractivity contribution is 5.78. The Morgan fingerprint density at radius 3 is 3.07 bits per heavy atom. The normalized spacial score (nSPS) is 37.4. The van der Waals surface area contributed by atoms with Gasteiger partial charge in [0.15, 0.2) is 0 Å². The fourth-order valence-corrected chi connectivity index (χ4v) is 3.03. The molecule has 1 heterocycles. The van der Waals surface area contributed by atoms with Crippen molar-refractivity contribution in [2.24, 2.45) is 11.3 Å². The molecule has 0 radical (unpaired) electrons. The highest BCUT2D eigenvalue weighted by Gasteiger charge is 2.49. The molecule has 0 spiro atoms. The lowest BCUT2D eigenvalue weighted by atomic mass is 9.74. The van der Waals surface area contributed by atoms with Gasteiger partial charge in [-0.3, -0.25) is 4.79 Å². The molecule has 0 aromatic rings. The van der Waals surface area contributed by atoms with Crippen molar-refractivity contribution in [1.29, 1.82) is 0 Å². The van der Waals surface area contributed by atoms with E-state index < -0.39 is 0 Å². The van der Waals surface area contributed by atoms with Crippen LogP contribution in [0.5, 0.6) is 0 Å². The summed E-state index contributed by atoms with van der Waals surface area (Å²) in [6, 6.07) is 0. The number of carbonyl (C=O) groups is 1. The molecular formula is C11H19NO2. The van der Waals surface area contributed by atoms with E-state index in [2.05, 4.69) is 5.32 Å². The molecule has 14 heavy (non-hydrogen) atoms. The molecule has 1 saturated heterocycles. The van der Waals surface area contributed by atoms with Gasteiger partial charge in [-0.25, -0.2) is 0 Å². The second kappa shape index (κ2) is 3.89. The van der Waals surface area contributed by atoms with Crippen LogP contribution in [-0.4, -0.2) is 26.2 Å². The van der Waals surface area contributed by atoms with Crippen LogP contribution in [0.1, 0.15) is 32.1 Å². The second-order valence-corrected chi connectivity index (χ2v) is 4.57. The molecule has 2 aliphatic rings. The van der Waals surface area contributed by atoms with Gasteiger partial charge in [-0.05, 0) is 25.3 Å². The summed E-state index contributed by atoms with van der Waals surface area (Å²) in [5.74, 6) is 0.520. The van der Waals surface area contributed by atoms with Crippen LogP contribution in [0, 0.1) is 11.3 Å². The SMILES string of the molecule is COC(=O)C12CCCCCC1CNC2. The van der Waals surface area contributed by atoms with Crippen molar-refractivity contribution in [2.75, 3.05) is 20.2 Å². The smallest absolute Gasteiger partial charge is 0.313 e. The Labute approximate surface area is 85.2 Å². The number of methoxy groups -OCH3 is 1. The zero-order valence-electron chi connectivity index (χ0n) is 8.84. The quantitative estimate of drug-likeness (QED) is 0.644. The number of carbonyl (C=O) groups excluding carboxylic acids is 1. The van der Waals surface area contributed by atoms with E-state index in [4.69, 9.17) is 4.74 Å². The summed E-state index contributed by atoms with van der Waals surface area (Å²) in [7, 11) is 1.51. The Morgan fingerprint density at radius 2 is 2.29 bits per heavy atom. The summed E-state index contributed by atoms with van der Waals surface area (Å²) < 4.78 is 4.97. The average Bonchev–Trinajstić information content (AvgIpc) is 2.51. The number of hydrogen-bond acceptors (Lipinski definition) is 3. The van der Waals surface area contributed by atoms with Gasteiger partial charge in [0.05, 0.1) is 12.5 Å². The predicted molar refractivity (Wildman–Crippen MR) is 53.9 cm³/mol. The van der Waals surface area contributed by atoms with E-state index in [1.165, 1.54) is 32.8 Å². The van der Waals surface area contributed by atoms with Crippen LogP contribution in [0.15, 0.2) is 0 Å². The lowest BCUT2D eigenvalue weighted by Gasteiger charge is -2.29. The van der Waals surface area contributed by atoms with E-state index in [1.54, 1.807) is 0 Å². The molecule has 80 valence electrons. The maximum atomic E-state index is 11.9. The fourth-order valence-electron chi connectivity index (χ4n) is 3.03. The van der Waals surface area contributed by atoms with E-state index in [-0.39, 0.29) is 11.4 Å². The van der Waals surface area contributed by atoms with Gasteiger partial charge in [0.1, 0.15) is 0 Å². The van der Waals surface area contributed by atoms with E-state index in [9.17, 15) is 4.79 Å². The van der Waals surface area contributed by atoms with Gasteiger partial charge in [0.25, 0.3) is 0 Å². The van der Waals surface area contributed by atoms with Crippen molar-refractivity contribution < 1.29 is 9.53 Å². The average molecular weight is 197 g/mol. The summed E-state index contributed by atoms with van der Waals surface area (Å²) in [6.45, 7) is 1.82. The molecule has 2 atom stereocenters. The molecule has 3 heteroatoms. The van der Waals surface area contributed by atoms with Gasteiger partial charge >= 0.3 is 5.97 Å². The van der Waals surface area contributed by atoms with Crippen LogP contribution in [0.4, 0.5) is 0 Å². The van der Waals surface area contributed by atoms with Gasteiger partial charge in [0.2, 0.25) is 0 Å². The van der Waals surface area contributed by atoms with Crippen LogP contribution < -0.4 is 5.32 Å². The first-order chi connectivity index (χ1) is 6.79. The van der Waals surface area contributed by atoms with Crippen LogP contribution in [0.25, 0.3) is 0 Å². The molecule has 1 N–H and O–H groups in total. The molecule has 1 aliphatic heterocycles. The van der Waals surface area contributed by atoms with Crippen LogP contribution >= 0.6 is 0 Å². The van der Waals surface area contributed by atoms with Gasteiger partial charge in [0, 0.05) is 6.54 Å². The van der Waals surface area contributed by atoms with Crippen molar-refractivity contribution >= 4 is 5.97 Å². The van der Waals surface area contributed by atoms with Crippen LogP contribution in [0.3, 0.4) is 0 Å². The molecule has 2 rings (SSSR count). The Kier molecular flexibility index (Phi) is 2.77. The number of nitrogens with one attached hydrogen (secondary N) is 1. The summed E-state index contributed by atoms with van der Waals surface area (Å²) in [5, 5.41) is 3.35. The van der Waals surface area contributed by atoms with Crippen molar-refractivity contribution in [3.63, 3.8) is 0 Å². The minimum Gasteiger partial charge on any atom is -0.469 e. The Bertz CT molecular complexity index is 229. The zero-order valence-corrected chi connectivity index (χ0v) is 8.84. The monoisotopic (exact) mass is 197 g/mol. The molecular weight excluding hydrogens is 178 g/mol. The zero-order chi connectivity index (χ0) is 10.0. The lowest BCUT2D eigenvalue weighted by Crippen LogP contribution is -2.39. The van der Waals surface area contributed by atoms with E-state index >= 15 is 0 Å². The standard InChI is InChI=1S/C11H19NO2/c1-14-10(13)11-6-4-2-3-5-9(11)7-12-8-11/h9,12H,2-8H2,1H3. The van der Waals surface area contributed by atoms with Crippen molar-refractivity contribution in [3.8, 4) is 0 Å². The second-order valence-electron chi connectivity index (χ2n) is 4.57. The van der Waals surface area contributed by atoms with Gasteiger partial charge in [-0.1, -0.05) is 19.3 Å². The molecule has 3 nitrogen and oxygen atoms in total. The molecule has 2 unspecified atom stereocenters. The topological polar surface area (TPSA) is 38.3 Å². The maximum Gasteiger partial charge on any atom is 0.313 e. The lowest BCUT2D eigenvalue weighted by molar-refractivity contribution is -0.154. The number of rotatable bonds is 1. The number of esters is 1. The minimum atomic E-state index is -0.189. The molecule has 2 fully saturated rings. The third-order valence-electron chi connectivity index (χ3n) is 3.88. The fraction of sp³-hybridized carbons (Fsp3) is 0.909. The first-order valence-electron chi connectivity index (χ1n) is 5.59. The van der Waals surface area contributed by atoms with E-state index in [0.29, 0.717) is 5.92 Å². The maximum absolute atomic E-state index is 11.9. The van der Waals surface area contributed by atoms with E-state index in [0.717, 1.165) is 19.5 Å². The van der Waals surface area contributed by atoms with Crippen molar-refractivity contribution in [2.45, 2.75) is 32.1 Å². The summed E-state index contributed by atoms with van der Waals surface area (Å²) in [4.78, 5) is 11.9. The largest absolute Gasteiger partial charge is 0.469 e. The van der Waals surface area contributed by atoms with E-state index in [1.807, 2.05) is 0 Å². The summed E-state index contributed by atoms with van der Waals surface area (Å²) in [6.07, 6.45) is 5.91. The van der Waals surface area contributed by atoms with Gasteiger partial charge in [-0.15, -0.1) is 0 Å². The Hall–Kier alpha value is -0.570. The van der Waals surface area contributed by atoms with Gasteiger partial charge < -0.3 is 10.1 Å². The molecule has 0 aromatic carbocycles. The molecule has 0 aromatic heterocycles. The molecule has 1 aliphatic carbocycles. The van der Waals surface area contributed by atoms with Gasteiger partial charge in [-0.2, -0.15) is 0 Å².